The highest BCUT2D eigenvalue weighted by atomic mass is 127. The standard InChI is InChI=1S/C13H21I/c1-12(2,3)10-7-11(9-14-8-10)13(4,5)6/h7-9H,1-6H3. The SMILES string of the molecule is CC(C)(C)C1=CI=CC(C(C)(C)C)=C1. The van der Waals surface area contributed by atoms with Crippen molar-refractivity contribution >= 4 is 24.7 Å². The van der Waals surface area contributed by atoms with E-state index in [9.17, 15) is 0 Å². The van der Waals surface area contributed by atoms with Crippen LogP contribution >= 0.6 is 20.7 Å². The number of allylic oxidation sites excluding steroid dienone is 3. The first-order valence-electron chi connectivity index (χ1n) is 5.09. The Balaban J connectivity index is 3.03. The third-order valence-corrected chi connectivity index (χ3v) is 4.47. The Morgan fingerprint density at radius 3 is 1.79 bits per heavy atom. The molecule has 0 saturated carbocycles. The number of hydrogen-bond acceptors (Lipinski definition) is 0. The molecule has 0 radical (unpaired) electrons. The molecule has 0 saturated heterocycles. The molecule has 1 aliphatic rings. The largest absolute Gasteiger partial charge is 0.0931 e. The number of rotatable bonds is 0. The fraction of sp³-hybridized carbons (Fsp3) is 0.615. The van der Waals surface area contributed by atoms with Crippen LogP contribution in [-0.2, 0) is 0 Å². The van der Waals surface area contributed by atoms with Gasteiger partial charge in [0, 0.05) is 0 Å². The molecule has 14 heavy (non-hydrogen) atoms. The highest BCUT2D eigenvalue weighted by molar-refractivity contribution is 14.2. The van der Waals surface area contributed by atoms with Gasteiger partial charge in [0.15, 0.2) is 0 Å². The molecule has 0 aromatic carbocycles. The van der Waals surface area contributed by atoms with Crippen molar-refractivity contribution < 1.29 is 0 Å². The molecule has 1 aliphatic heterocycles. The Kier molecular flexibility index (Phi) is 3.40. The maximum Gasteiger partial charge on any atom is -0.0127 e. The van der Waals surface area contributed by atoms with Crippen LogP contribution in [0.5, 0.6) is 0 Å². The third-order valence-electron chi connectivity index (χ3n) is 2.40. The van der Waals surface area contributed by atoms with Gasteiger partial charge < -0.3 is 0 Å². The van der Waals surface area contributed by atoms with E-state index >= 15 is 0 Å². The molecule has 0 spiro atoms. The van der Waals surface area contributed by atoms with E-state index in [-0.39, 0.29) is 20.7 Å². The highest BCUT2D eigenvalue weighted by Gasteiger charge is 2.21. The lowest BCUT2D eigenvalue weighted by Gasteiger charge is -2.27. The van der Waals surface area contributed by atoms with Crippen molar-refractivity contribution in [3.63, 3.8) is 0 Å². The van der Waals surface area contributed by atoms with Crippen LogP contribution in [0.1, 0.15) is 41.5 Å². The lowest BCUT2D eigenvalue weighted by molar-refractivity contribution is 0.504. The van der Waals surface area contributed by atoms with Crippen molar-refractivity contribution in [1.29, 1.82) is 0 Å². The predicted octanol–water partition coefficient (Wildman–Crippen LogP) is 4.68. The maximum atomic E-state index is 2.45. The molecule has 0 unspecified atom stereocenters. The second kappa shape index (κ2) is 3.92. The monoisotopic (exact) mass is 304 g/mol. The van der Waals surface area contributed by atoms with E-state index in [1.165, 1.54) is 11.1 Å². The Labute approximate surface area is 98.2 Å². The summed E-state index contributed by atoms with van der Waals surface area (Å²) in [5.41, 5.74) is 3.67. The minimum absolute atomic E-state index is 0.147. The molecule has 0 aromatic heterocycles. The average Bonchev–Trinajstić information content (AvgIpc) is 2.01. The van der Waals surface area contributed by atoms with Crippen LogP contribution in [0.25, 0.3) is 0 Å². The zero-order valence-corrected chi connectivity index (χ0v) is 12.3. The van der Waals surface area contributed by atoms with Crippen molar-refractivity contribution in [2.24, 2.45) is 10.8 Å². The highest BCUT2D eigenvalue weighted by Crippen LogP contribution is 2.36. The van der Waals surface area contributed by atoms with Crippen molar-refractivity contribution in [1.82, 2.24) is 0 Å². The first-order chi connectivity index (χ1) is 6.21. The second-order valence-electron chi connectivity index (χ2n) is 5.90. The lowest BCUT2D eigenvalue weighted by Crippen LogP contribution is -2.15. The zero-order valence-electron chi connectivity index (χ0n) is 10.1. The fourth-order valence-electron chi connectivity index (χ4n) is 1.16. The van der Waals surface area contributed by atoms with Crippen LogP contribution in [0.15, 0.2) is 21.3 Å². The predicted molar refractivity (Wildman–Crippen MR) is 75.2 cm³/mol. The van der Waals surface area contributed by atoms with Crippen LogP contribution in [0, 0.1) is 10.8 Å². The summed E-state index contributed by atoms with van der Waals surface area (Å²) in [4.78, 5) is 0. The molecule has 1 heterocycles. The molecule has 80 valence electrons. The van der Waals surface area contributed by atoms with Crippen molar-refractivity contribution in [3.8, 4) is 0 Å². The Bertz CT molecular complexity index is 288. The van der Waals surface area contributed by atoms with Crippen LogP contribution in [0.4, 0.5) is 0 Å². The van der Waals surface area contributed by atoms with Gasteiger partial charge in [0.05, 0.1) is 0 Å². The molecule has 0 nitrogen and oxygen atoms in total. The summed E-state index contributed by atoms with van der Waals surface area (Å²) in [6, 6.07) is 0. The van der Waals surface area contributed by atoms with E-state index in [2.05, 4.69) is 55.7 Å². The van der Waals surface area contributed by atoms with E-state index < -0.39 is 0 Å². The second-order valence-corrected chi connectivity index (χ2v) is 7.86. The van der Waals surface area contributed by atoms with Gasteiger partial charge in [-0.25, -0.2) is 0 Å². The summed E-state index contributed by atoms with van der Waals surface area (Å²) < 4.78 is 4.90. The lowest BCUT2D eigenvalue weighted by atomic mass is 9.81. The molecule has 0 bridgehead atoms. The van der Waals surface area contributed by atoms with Gasteiger partial charge in [-0.15, -0.1) is 0 Å². The van der Waals surface area contributed by atoms with E-state index in [0.29, 0.717) is 10.8 Å². The molecule has 0 aliphatic carbocycles. The number of hydrogen-bond donors (Lipinski definition) is 0. The summed E-state index contributed by atoms with van der Waals surface area (Å²) in [6.07, 6.45) is 2.39. The molecule has 0 amide bonds. The quantitative estimate of drug-likeness (QED) is 0.570. The van der Waals surface area contributed by atoms with Crippen LogP contribution in [-0.4, -0.2) is 4.01 Å². The molecule has 0 aromatic rings. The minimum atomic E-state index is 0.147. The van der Waals surface area contributed by atoms with E-state index in [1.807, 2.05) is 0 Å². The van der Waals surface area contributed by atoms with Gasteiger partial charge in [-0.2, -0.15) is 0 Å². The van der Waals surface area contributed by atoms with Gasteiger partial charge in [-0.3, -0.25) is 0 Å². The molecule has 1 heteroatoms. The first-order valence-corrected chi connectivity index (χ1v) is 7.58. The van der Waals surface area contributed by atoms with Crippen LogP contribution in [0.2, 0.25) is 0 Å². The van der Waals surface area contributed by atoms with Gasteiger partial charge in [0.2, 0.25) is 0 Å². The first kappa shape index (κ1) is 12.2. The van der Waals surface area contributed by atoms with Gasteiger partial charge in [-0.1, -0.05) is 68.3 Å². The molecule has 0 atom stereocenters. The summed E-state index contributed by atoms with van der Waals surface area (Å²) in [6.45, 7) is 13.8. The topological polar surface area (TPSA) is 0 Å². The number of halogens is 1. The fourth-order valence-corrected chi connectivity index (χ4v) is 4.34. The molecular weight excluding hydrogens is 283 g/mol. The molecule has 0 fully saturated rings. The van der Waals surface area contributed by atoms with E-state index in [4.69, 9.17) is 0 Å². The molecule has 1 rings (SSSR count). The van der Waals surface area contributed by atoms with Crippen molar-refractivity contribution in [2.45, 2.75) is 41.5 Å². The summed E-state index contributed by atoms with van der Waals surface area (Å²) in [5.74, 6) is 0. The van der Waals surface area contributed by atoms with Crippen molar-refractivity contribution in [3.05, 3.63) is 21.3 Å². The molecular formula is C13H21I. The summed E-state index contributed by atoms with van der Waals surface area (Å²) in [5, 5.41) is 0. The Morgan fingerprint density at radius 2 is 1.36 bits per heavy atom. The normalized spacial score (nSPS) is 18.4. The summed E-state index contributed by atoms with van der Waals surface area (Å²) in [7, 11) is 0. The van der Waals surface area contributed by atoms with Gasteiger partial charge >= 0.3 is 0 Å². The van der Waals surface area contributed by atoms with Crippen LogP contribution < -0.4 is 0 Å². The Morgan fingerprint density at radius 1 is 0.857 bits per heavy atom. The minimum Gasteiger partial charge on any atom is -0.0931 e. The van der Waals surface area contributed by atoms with Gasteiger partial charge in [0.25, 0.3) is 0 Å². The maximum absolute atomic E-state index is 2.45. The van der Waals surface area contributed by atoms with Gasteiger partial charge in [-0.05, 0) is 30.1 Å². The Hall–Kier alpha value is 0.0800. The smallest absolute Gasteiger partial charge is 0.0127 e. The van der Waals surface area contributed by atoms with E-state index in [1.54, 1.807) is 0 Å². The zero-order chi connectivity index (χ0) is 11.0. The van der Waals surface area contributed by atoms with Gasteiger partial charge in [0.1, 0.15) is 0 Å². The van der Waals surface area contributed by atoms with Crippen LogP contribution in [0.3, 0.4) is 0 Å². The summed E-state index contributed by atoms with van der Waals surface area (Å²) >= 11 is 0.147. The average molecular weight is 304 g/mol. The van der Waals surface area contributed by atoms with Crippen molar-refractivity contribution in [2.75, 3.05) is 0 Å². The molecule has 0 N–H and O–H groups in total. The van der Waals surface area contributed by atoms with E-state index in [0.717, 1.165) is 0 Å². The third kappa shape index (κ3) is 3.04.